The van der Waals surface area contributed by atoms with Crippen molar-refractivity contribution in [3.63, 3.8) is 0 Å². The van der Waals surface area contributed by atoms with E-state index in [1.165, 1.54) is 0 Å². The quantitative estimate of drug-likeness (QED) is 0.459. The molecule has 3 aromatic heterocycles. The van der Waals surface area contributed by atoms with Crippen molar-refractivity contribution in [3.05, 3.63) is 61.2 Å². The monoisotopic (exact) mass is 382 g/mol. The molecular weight excluding hydrogens is 364 g/mol. The second-order valence-electron chi connectivity index (χ2n) is 6.76. The fraction of sp³-hybridized carbons (Fsp3) is 0.0870. The van der Waals surface area contributed by atoms with Crippen molar-refractivity contribution in [1.29, 1.82) is 0 Å². The Balaban J connectivity index is 2.01. The van der Waals surface area contributed by atoms with E-state index in [1.807, 2.05) is 36.5 Å². The van der Waals surface area contributed by atoms with Crippen molar-refractivity contribution >= 4 is 38.3 Å². The number of hydrogen-bond donors (Lipinski definition) is 1. The van der Waals surface area contributed by atoms with E-state index in [9.17, 15) is 0 Å². The highest BCUT2D eigenvalue weighted by molar-refractivity contribution is 6.22. The van der Waals surface area contributed by atoms with Gasteiger partial charge in [0.2, 0.25) is 0 Å². The first-order chi connectivity index (χ1) is 14.2. The number of fused-ring (bicyclic) bond motifs is 5. The zero-order valence-corrected chi connectivity index (χ0v) is 16.0. The number of ether oxygens (including phenoxy) is 2. The number of methoxy groups -OCH3 is 2. The lowest BCUT2D eigenvalue weighted by Crippen LogP contribution is -1.97. The molecule has 2 aromatic carbocycles. The van der Waals surface area contributed by atoms with Crippen LogP contribution in [-0.2, 0) is 0 Å². The van der Waals surface area contributed by atoms with Crippen LogP contribution in [0, 0.1) is 0 Å². The van der Waals surface area contributed by atoms with Crippen LogP contribution < -0.4 is 15.2 Å². The van der Waals surface area contributed by atoms with Gasteiger partial charge in [0.1, 0.15) is 17.3 Å². The van der Waals surface area contributed by atoms with Crippen molar-refractivity contribution in [2.24, 2.45) is 0 Å². The van der Waals surface area contributed by atoms with Gasteiger partial charge in [-0.15, -0.1) is 0 Å². The Bertz CT molecular complexity index is 1380. The van der Waals surface area contributed by atoms with Gasteiger partial charge in [-0.1, -0.05) is 0 Å². The summed E-state index contributed by atoms with van der Waals surface area (Å²) in [4.78, 5) is 13.3. The number of benzene rings is 2. The lowest BCUT2D eigenvalue weighted by molar-refractivity contribution is 0.394. The average molecular weight is 382 g/mol. The second kappa shape index (κ2) is 6.60. The number of nitrogens with zero attached hydrogens (tertiary/aromatic N) is 3. The topological polar surface area (TPSA) is 83.2 Å². The third-order valence-corrected chi connectivity index (χ3v) is 5.18. The lowest BCUT2D eigenvalue weighted by Gasteiger charge is -2.15. The van der Waals surface area contributed by atoms with E-state index in [1.54, 1.807) is 32.8 Å². The van der Waals surface area contributed by atoms with Crippen molar-refractivity contribution < 1.29 is 9.47 Å². The molecule has 0 amide bonds. The molecule has 0 bridgehead atoms. The van der Waals surface area contributed by atoms with Gasteiger partial charge < -0.3 is 15.2 Å². The Kier molecular flexibility index (Phi) is 3.91. The minimum absolute atomic E-state index is 0.450. The molecular formula is C23H18N4O2. The molecule has 0 radical (unpaired) electrons. The predicted octanol–water partition coefficient (Wildman–Crippen LogP) is 4.60. The molecule has 0 saturated carbocycles. The standard InChI is InChI=1S/C23H18N4O2/c1-28-15-7-14(8-16(10-15)29-2)18-9-13-3-5-25-11-19(13)22-21(18)17-4-6-26-12-20(17)23(24)27-22/h3-12H,1-2H3,(H2,24,27). The van der Waals surface area contributed by atoms with Crippen LogP contribution in [0.4, 0.5) is 5.82 Å². The molecule has 0 spiro atoms. The highest BCUT2D eigenvalue weighted by Gasteiger charge is 2.16. The molecule has 0 saturated heterocycles. The summed E-state index contributed by atoms with van der Waals surface area (Å²) in [5.41, 5.74) is 9.07. The number of aromatic nitrogens is 3. The second-order valence-corrected chi connectivity index (χ2v) is 6.76. The molecule has 29 heavy (non-hydrogen) atoms. The maximum atomic E-state index is 6.28. The molecule has 0 fully saturated rings. The molecule has 0 aliphatic heterocycles. The summed E-state index contributed by atoms with van der Waals surface area (Å²) in [6, 6.07) is 11.9. The van der Waals surface area contributed by atoms with E-state index < -0.39 is 0 Å². The third kappa shape index (κ3) is 2.69. The number of rotatable bonds is 3. The van der Waals surface area contributed by atoms with Crippen LogP contribution >= 0.6 is 0 Å². The first kappa shape index (κ1) is 17.2. The van der Waals surface area contributed by atoms with Gasteiger partial charge in [0, 0.05) is 47.0 Å². The van der Waals surface area contributed by atoms with Crippen molar-refractivity contribution in [3.8, 4) is 22.6 Å². The van der Waals surface area contributed by atoms with Gasteiger partial charge in [0.25, 0.3) is 0 Å². The van der Waals surface area contributed by atoms with Crippen LogP contribution in [-0.4, -0.2) is 29.2 Å². The Hall–Kier alpha value is -3.93. The van der Waals surface area contributed by atoms with E-state index in [4.69, 9.17) is 20.2 Å². The van der Waals surface area contributed by atoms with E-state index in [-0.39, 0.29) is 0 Å². The minimum atomic E-state index is 0.450. The Morgan fingerprint density at radius 1 is 0.793 bits per heavy atom. The molecule has 0 atom stereocenters. The van der Waals surface area contributed by atoms with Crippen LogP contribution in [0.5, 0.6) is 11.5 Å². The molecule has 5 rings (SSSR count). The summed E-state index contributed by atoms with van der Waals surface area (Å²) in [6.07, 6.45) is 7.12. The van der Waals surface area contributed by atoms with Gasteiger partial charge in [-0.05, 0) is 52.2 Å². The van der Waals surface area contributed by atoms with E-state index in [0.717, 1.165) is 55.1 Å². The number of anilines is 1. The maximum absolute atomic E-state index is 6.28. The predicted molar refractivity (Wildman–Crippen MR) is 115 cm³/mol. The Labute approximate surface area is 166 Å². The highest BCUT2D eigenvalue weighted by Crippen LogP contribution is 2.41. The number of hydrogen-bond acceptors (Lipinski definition) is 6. The molecule has 142 valence electrons. The van der Waals surface area contributed by atoms with Gasteiger partial charge >= 0.3 is 0 Å². The summed E-state index contributed by atoms with van der Waals surface area (Å²) in [7, 11) is 3.29. The van der Waals surface area contributed by atoms with Gasteiger partial charge in [-0.3, -0.25) is 9.97 Å². The van der Waals surface area contributed by atoms with Crippen LogP contribution in [0.1, 0.15) is 0 Å². The molecule has 0 unspecified atom stereocenters. The minimum Gasteiger partial charge on any atom is -0.497 e. The van der Waals surface area contributed by atoms with Crippen LogP contribution in [0.2, 0.25) is 0 Å². The summed E-state index contributed by atoms with van der Waals surface area (Å²) in [5.74, 6) is 1.89. The number of nitrogen functional groups attached to an aromatic ring is 1. The largest absolute Gasteiger partial charge is 0.497 e. The summed E-state index contributed by atoms with van der Waals surface area (Å²) in [5, 5.41) is 4.79. The Morgan fingerprint density at radius 2 is 1.48 bits per heavy atom. The summed E-state index contributed by atoms with van der Waals surface area (Å²) >= 11 is 0. The van der Waals surface area contributed by atoms with Gasteiger partial charge in [-0.25, -0.2) is 4.98 Å². The van der Waals surface area contributed by atoms with Crippen LogP contribution in [0.3, 0.4) is 0 Å². The smallest absolute Gasteiger partial charge is 0.133 e. The third-order valence-electron chi connectivity index (χ3n) is 5.18. The fourth-order valence-corrected chi connectivity index (χ4v) is 3.80. The average Bonchev–Trinajstić information content (AvgIpc) is 2.78. The first-order valence-electron chi connectivity index (χ1n) is 9.12. The van der Waals surface area contributed by atoms with Crippen molar-refractivity contribution in [1.82, 2.24) is 15.0 Å². The fourth-order valence-electron chi connectivity index (χ4n) is 3.80. The zero-order chi connectivity index (χ0) is 20.0. The van der Waals surface area contributed by atoms with E-state index in [0.29, 0.717) is 5.82 Å². The van der Waals surface area contributed by atoms with E-state index in [2.05, 4.69) is 16.0 Å². The zero-order valence-electron chi connectivity index (χ0n) is 16.0. The maximum Gasteiger partial charge on any atom is 0.133 e. The lowest BCUT2D eigenvalue weighted by atomic mass is 9.93. The normalized spacial score (nSPS) is 11.2. The molecule has 0 aliphatic rings. The first-order valence-corrected chi connectivity index (χ1v) is 9.12. The van der Waals surface area contributed by atoms with Gasteiger partial charge in [0.15, 0.2) is 0 Å². The van der Waals surface area contributed by atoms with Crippen LogP contribution in [0.25, 0.3) is 43.6 Å². The van der Waals surface area contributed by atoms with E-state index >= 15 is 0 Å². The molecule has 6 heteroatoms. The summed E-state index contributed by atoms with van der Waals surface area (Å²) in [6.45, 7) is 0. The Morgan fingerprint density at radius 3 is 2.21 bits per heavy atom. The number of pyridine rings is 3. The van der Waals surface area contributed by atoms with Crippen LogP contribution in [0.15, 0.2) is 61.2 Å². The molecule has 0 aliphatic carbocycles. The molecule has 3 heterocycles. The summed E-state index contributed by atoms with van der Waals surface area (Å²) < 4.78 is 11.0. The molecule has 6 nitrogen and oxygen atoms in total. The van der Waals surface area contributed by atoms with Crippen molar-refractivity contribution in [2.75, 3.05) is 20.0 Å². The molecule has 2 N–H and O–H groups in total. The molecule has 5 aromatic rings. The van der Waals surface area contributed by atoms with Gasteiger partial charge in [0.05, 0.1) is 19.7 Å². The van der Waals surface area contributed by atoms with Crippen molar-refractivity contribution in [2.45, 2.75) is 0 Å². The highest BCUT2D eigenvalue weighted by atomic mass is 16.5. The number of nitrogens with two attached hydrogens (primary N) is 1. The van der Waals surface area contributed by atoms with Gasteiger partial charge in [-0.2, -0.15) is 0 Å². The SMILES string of the molecule is COc1cc(OC)cc(-c2cc3ccncc3c3nc(N)c4cnccc4c23)c1.